The summed E-state index contributed by atoms with van der Waals surface area (Å²) in [4.78, 5) is 4.57. The third kappa shape index (κ3) is 13.9. The number of hydrogen-bond donors (Lipinski definition) is 2. The normalized spacial score (nSPS) is 11.7. The molecule has 0 fully saturated rings. The molecule has 156 valence electrons. The van der Waals surface area contributed by atoms with E-state index in [2.05, 4.69) is 22.5 Å². The van der Waals surface area contributed by atoms with Gasteiger partial charge in [-0.05, 0) is 30.9 Å². The van der Waals surface area contributed by atoms with Crippen molar-refractivity contribution in [3.63, 3.8) is 0 Å². The number of guanidine groups is 1. The predicted octanol–water partition coefficient (Wildman–Crippen LogP) is 3.11. The number of halogens is 1. The summed E-state index contributed by atoms with van der Waals surface area (Å²) in [6.07, 6.45) is 4.45. The number of rotatable bonds is 12. The third-order valence-corrected chi connectivity index (χ3v) is 4.47. The lowest BCUT2D eigenvalue weighted by Crippen LogP contribution is -2.38. The molecule has 1 rings (SSSR count). The number of benzene rings is 1. The standard InChI is InChI=1S/C19H33N3O3S.HI/c1-4-6-13-25-14-7-12-21-19(20-5-2)22-15-17-8-10-18(11-9-17)16-26(3,23)24;/h8-11H,4-7,12-16H2,1-3H3,(H2,20,21,22);1H. The molecule has 0 radical (unpaired) electrons. The third-order valence-electron chi connectivity index (χ3n) is 3.62. The van der Waals surface area contributed by atoms with Crippen LogP contribution in [-0.2, 0) is 26.9 Å². The first-order valence-corrected chi connectivity index (χ1v) is 11.4. The molecule has 0 aromatic heterocycles. The van der Waals surface area contributed by atoms with E-state index in [4.69, 9.17) is 4.74 Å². The second-order valence-corrected chi connectivity index (χ2v) is 8.47. The highest BCUT2D eigenvalue weighted by Crippen LogP contribution is 2.08. The average molecular weight is 511 g/mol. The number of sulfone groups is 1. The van der Waals surface area contributed by atoms with Gasteiger partial charge in [0.05, 0.1) is 12.3 Å². The molecule has 1 aromatic carbocycles. The second kappa shape index (κ2) is 15.1. The largest absolute Gasteiger partial charge is 0.381 e. The predicted molar refractivity (Wildman–Crippen MR) is 124 cm³/mol. The Labute approximate surface area is 181 Å². The van der Waals surface area contributed by atoms with Crippen LogP contribution in [0, 0.1) is 0 Å². The Bertz CT molecular complexity index is 634. The Morgan fingerprint density at radius 2 is 1.67 bits per heavy atom. The molecule has 0 unspecified atom stereocenters. The van der Waals surface area contributed by atoms with E-state index in [9.17, 15) is 8.42 Å². The maximum Gasteiger partial charge on any atom is 0.191 e. The van der Waals surface area contributed by atoms with E-state index in [0.29, 0.717) is 6.54 Å². The van der Waals surface area contributed by atoms with Crippen molar-refractivity contribution in [1.82, 2.24) is 10.6 Å². The molecule has 0 heterocycles. The van der Waals surface area contributed by atoms with Gasteiger partial charge in [0.25, 0.3) is 0 Å². The average Bonchev–Trinajstić information content (AvgIpc) is 2.58. The maximum absolute atomic E-state index is 11.3. The summed E-state index contributed by atoms with van der Waals surface area (Å²) in [6.45, 7) is 7.93. The van der Waals surface area contributed by atoms with Crippen molar-refractivity contribution >= 4 is 39.8 Å². The van der Waals surface area contributed by atoms with Crippen molar-refractivity contribution in [2.24, 2.45) is 4.99 Å². The molecule has 0 atom stereocenters. The summed E-state index contributed by atoms with van der Waals surface area (Å²) in [6, 6.07) is 7.55. The van der Waals surface area contributed by atoms with E-state index >= 15 is 0 Å². The fourth-order valence-corrected chi connectivity index (χ4v) is 3.08. The van der Waals surface area contributed by atoms with Crippen LogP contribution >= 0.6 is 24.0 Å². The van der Waals surface area contributed by atoms with E-state index in [-0.39, 0.29) is 29.7 Å². The summed E-state index contributed by atoms with van der Waals surface area (Å²) >= 11 is 0. The van der Waals surface area contributed by atoms with Crippen molar-refractivity contribution in [1.29, 1.82) is 0 Å². The highest BCUT2D eigenvalue weighted by atomic mass is 127. The summed E-state index contributed by atoms with van der Waals surface area (Å²) in [5.41, 5.74) is 1.84. The molecule has 0 aliphatic carbocycles. The summed E-state index contributed by atoms with van der Waals surface area (Å²) < 4.78 is 28.2. The fourth-order valence-electron chi connectivity index (χ4n) is 2.29. The molecule has 6 nitrogen and oxygen atoms in total. The minimum atomic E-state index is -3.00. The Morgan fingerprint density at radius 3 is 2.26 bits per heavy atom. The van der Waals surface area contributed by atoms with Crippen LogP contribution in [-0.4, -0.2) is 46.9 Å². The van der Waals surface area contributed by atoms with Gasteiger partial charge in [-0.1, -0.05) is 37.6 Å². The molecule has 0 aliphatic rings. The molecular formula is C19H34IN3O3S. The molecule has 2 N–H and O–H groups in total. The van der Waals surface area contributed by atoms with Crippen LogP contribution < -0.4 is 10.6 Å². The number of hydrogen-bond acceptors (Lipinski definition) is 4. The SMILES string of the molecule is CCCCOCCCNC(=NCc1ccc(CS(C)(=O)=O)cc1)NCC.I. The quantitative estimate of drug-likeness (QED) is 0.195. The number of nitrogens with one attached hydrogen (secondary N) is 2. The van der Waals surface area contributed by atoms with Gasteiger partial charge in [0.1, 0.15) is 0 Å². The zero-order valence-corrected chi connectivity index (χ0v) is 19.8. The first-order valence-electron chi connectivity index (χ1n) is 9.30. The van der Waals surface area contributed by atoms with Crippen molar-refractivity contribution in [3.8, 4) is 0 Å². The molecule has 0 spiro atoms. The van der Waals surface area contributed by atoms with Crippen molar-refractivity contribution in [2.45, 2.75) is 45.4 Å². The fraction of sp³-hybridized carbons (Fsp3) is 0.632. The van der Waals surface area contributed by atoms with Gasteiger partial charge in [0, 0.05) is 32.6 Å². The summed E-state index contributed by atoms with van der Waals surface area (Å²) in [5, 5.41) is 6.53. The minimum absolute atomic E-state index is 0. The van der Waals surface area contributed by atoms with E-state index in [1.807, 2.05) is 31.2 Å². The summed E-state index contributed by atoms with van der Waals surface area (Å²) in [7, 11) is -3.00. The highest BCUT2D eigenvalue weighted by molar-refractivity contribution is 14.0. The van der Waals surface area contributed by atoms with Crippen molar-refractivity contribution in [3.05, 3.63) is 35.4 Å². The van der Waals surface area contributed by atoms with Gasteiger partial charge in [-0.15, -0.1) is 24.0 Å². The van der Waals surface area contributed by atoms with E-state index in [0.717, 1.165) is 62.7 Å². The van der Waals surface area contributed by atoms with Gasteiger partial charge in [0.2, 0.25) is 0 Å². The Hall–Kier alpha value is -0.870. The molecule has 8 heteroatoms. The lowest BCUT2D eigenvalue weighted by Gasteiger charge is -2.11. The first-order chi connectivity index (χ1) is 12.4. The zero-order valence-electron chi connectivity index (χ0n) is 16.7. The van der Waals surface area contributed by atoms with Gasteiger partial charge in [-0.25, -0.2) is 13.4 Å². The van der Waals surface area contributed by atoms with Crippen molar-refractivity contribution in [2.75, 3.05) is 32.6 Å². The molecule has 27 heavy (non-hydrogen) atoms. The molecule has 0 bridgehead atoms. The van der Waals surface area contributed by atoms with Crippen LogP contribution in [0.15, 0.2) is 29.3 Å². The zero-order chi connectivity index (χ0) is 19.3. The molecule has 0 amide bonds. The number of nitrogens with zero attached hydrogens (tertiary/aromatic N) is 1. The number of ether oxygens (including phenoxy) is 1. The van der Waals surface area contributed by atoms with Gasteiger partial charge < -0.3 is 15.4 Å². The Morgan fingerprint density at radius 1 is 1.04 bits per heavy atom. The van der Waals surface area contributed by atoms with Crippen LogP contribution in [0.3, 0.4) is 0 Å². The van der Waals surface area contributed by atoms with E-state index < -0.39 is 9.84 Å². The van der Waals surface area contributed by atoms with Crippen LogP contribution in [0.5, 0.6) is 0 Å². The second-order valence-electron chi connectivity index (χ2n) is 6.33. The maximum atomic E-state index is 11.3. The van der Waals surface area contributed by atoms with Gasteiger partial charge in [-0.2, -0.15) is 0 Å². The lowest BCUT2D eigenvalue weighted by molar-refractivity contribution is 0.129. The minimum Gasteiger partial charge on any atom is -0.381 e. The number of unbranched alkanes of at least 4 members (excludes halogenated alkanes) is 1. The topological polar surface area (TPSA) is 79.8 Å². The number of aliphatic imine (C=N–C) groups is 1. The van der Waals surface area contributed by atoms with E-state index in [1.165, 1.54) is 6.26 Å². The highest BCUT2D eigenvalue weighted by Gasteiger charge is 2.04. The molecule has 0 aliphatic heterocycles. The Balaban J connectivity index is 0.00000676. The van der Waals surface area contributed by atoms with Gasteiger partial charge in [-0.3, -0.25) is 0 Å². The van der Waals surface area contributed by atoms with Gasteiger partial charge >= 0.3 is 0 Å². The molecular weight excluding hydrogens is 477 g/mol. The van der Waals surface area contributed by atoms with E-state index in [1.54, 1.807) is 0 Å². The van der Waals surface area contributed by atoms with Crippen LogP contribution in [0.25, 0.3) is 0 Å². The first kappa shape index (κ1) is 26.1. The van der Waals surface area contributed by atoms with Crippen molar-refractivity contribution < 1.29 is 13.2 Å². The molecule has 1 aromatic rings. The Kier molecular flexibility index (Phi) is 14.6. The molecule has 0 saturated heterocycles. The van der Waals surface area contributed by atoms with Crippen LogP contribution in [0.2, 0.25) is 0 Å². The monoisotopic (exact) mass is 511 g/mol. The summed E-state index contributed by atoms with van der Waals surface area (Å²) in [5.74, 6) is 0.849. The van der Waals surface area contributed by atoms with Gasteiger partial charge in [0.15, 0.2) is 15.8 Å². The lowest BCUT2D eigenvalue weighted by atomic mass is 10.1. The van der Waals surface area contributed by atoms with Crippen LogP contribution in [0.4, 0.5) is 0 Å². The van der Waals surface area contributed by atoms with Crippen LogP contribution in [0.1, 0.15) is 44.2 Å². The molecule has 0 saturated carbocycles. The smallest absolute Gasteiger partial charge is 0.191 e.